The average molecular weight is 206 g/mol. The summed E-state index contributed by atoms with van der Waals surface area (Å²) >= 11 is 0. The molecule has 0 aliphatic carbocycles. The van der Waals surface area contributed by atoms with Gasteiger partial charge in [0.2, 0.25) is 0 Å². The molecule has 0 fully saturated rings. The molecule has 15 heavy (non-hydrogen) atoms. The van der Waals surface area contributed by atoms with Crippen LogP contribution in [0.5, 0.6) is 0 Å². The van der Waals surface area contributed by atoms with Crippen molar-refractivity contribution in [1.82, 2.24) is 0 Å². The van der Waals surface area contributed by atoms with Crippen LogP contribution in [0, 0.1) is 6.92 Å². The molecule has 4 nitrogen and oxygen atoms in total. The van der Waals surface area contributed by atoms with Crippen molar-refractivity contribution in [2.75, 3.05) is 0 Å². The van der Waals surface area contributed by atoms with E-state index in [1.807, 2.05) is 0 Å². The average Bonchev–Trinajstić information content (AvgIpc) is 2.17. The molecule has 78 valence electrons. The van der Waals surface area contributed by atoms with Gasteiger partial charge in [0.15, 0.2) is 0 Å². The van der Waals surface area contributed by atoms with Crippen LogP contribution in [0.2, 0.25) is 0 Å². The second-order valence-electron chi connectivity index (χ2n) is 3.05. The van der Waals surface area contributed by atoms with Gasteiger partial charge in [-0.1, -0.05) is 12.7 Å². The van der Waals surface area contributed by atoms with E-state index in [9.17, 15) is 9.59 Å². The lowest BCUT2D eigenvalue weighted by Crippen LogP contribution is -2.06. The van der Waals surface area contributed by atoms with Crippen LogP contribution in [0.4, 0.5) is 0 Å². The molecule has 0 amide bonds. The Morgan fingerprint density at radius 1 is 1.27 bits per heavy atom. The third-order valence-corrected chi connectivity index (χ3v) is 2.15. The van der Waals surface area contributed by atoms with Crippen LogP contribution in [0.25, 0.3) is 6.08 Å². The quantitative estimate of drug-likeness (QED) is 0.793. The van der Waals surface area contributed by atoms with Gasteiger partial charge in [-0.05, 0) is 30.2 Å². The van der Waals surface area contributed by atoms with Gasteiger partial charge in [-0.3, -0.25) is 0 Å². The van der Waals surface area contributed by atoms with Crippen molar-refractivity contribution in [2.45, 2.75) is 6.92 Å². The number of rotatable bonds is 3. The number of hydrogen-bond donors (Lipinski definition) is 2. The molecule has 0 radical (unpaired) electrons. The molecule has 0 bridgehead atoms. The number of carboxylic acid groups (broad SMARTS) is 2. The fraction of sp³-hybridized carbons (Fsp3) is 0.0909. The molecule has 0 unspecified atom stereocenters. The van der Waals surface area contributed by atoms with Crippen molar-refractivity contribution in [3.8, 4) is 0 Å². The highest BCUT2D eigenvalue weighted by Crippen LogP contribution is 2.18. The zero-order chi connectivity index (χ0) is 11.6. The van der Waals surface area contributed by atoms with Crippen molar-refractivity contribution in [1.29, 1.82) is 0 Å². The first-order valence-electron chi connectivity index (χ1n) is 4.21. The SMILES string of the molecule is C=Cc1cc(C(=O)O)cc(C(=O)O)c1C. The number of carbonyl (C=O) groups is 2. The van der Waals surface area contributed by atoms with E-state index in [1.165, 1.54) is 12.1 Å². The first kappa shape index (κ1) is 11.0. The zero-order valence-corrected chi connectivity index (χ0v) is 8.15. The Kier molecular flexibility index (Phi) is 2.90. The maximum atomic E-state index is 10.8. The second kappa shape index (κ2) is 3.96. The van der Waals surface area contributed by atoms with Crippen molar-refractivity contribution in [3.05, 3.63) is 41.0 Å². The maximum absolute atomic E-state index is 10.8. The molecule has 0 heterocycles. The molecule has 2 N–H and O–H groups in total. The summed E-state index contributed by atoms with van der Waals surface area (Å²) in [7, 11) is 0. The highest BCUT2D eigenvalue weighted by Gasteiger charge is 2.14. The molecule has 1 aromatic rings. The van der Waals surface area contributed by atoms with E-state index in [2.05, 4.69) is 6.58 Å². The van der Waals surface area contributed by atoms with Gasteiger partial charge in [-0.2, -0.15) is 0 Å². The van der Waals surface area contributed by atoms with Gasteiger partial charge in [0.1, 0.15) is 0 Å². The van der Waals surface area contributed by atoms with Crippen LogP contribution < -0.4 is 0 Å². The Morgan fingerprint density at radius 2 is 1.87 bits per heavy atom. The molecular weight excluding hydrogens is 196 g/mol. The smallest absolute Gasteiger partial charge is 0.335 e. The van der Waals surface area contributed by atoms with Crippen LogP contribution >= 0.6 is 0 Å². The number of benzene rings is 1. The molecule has 1 aromatic carbocycles. The predicted octanol–water partition coefficient (Wildman–Crippen LogP) is 2.03. The lowest BCUT2D eigenvalue weighted by atomic mass is 9.98. The minimum absolute atomic E-state index is 0.00944. The number of aromatic carboxylic acids is 2. The molecule has 4 heteroatoms. The Labute approximate surface area is 86.5 Å². The number of carboxylic acids is 2. The lowest BCUT2D eigenvalue weighted by molar-refractivity contribution is 0.0695. The Morgan fingerprint density at radius 3 is 2.27 bits per heavy atom. The van der Waals surface area contributed by atoms with E-state index in [0.29, 0.717) is 11.1 Å². The van der Waals surface area contributed by atoms with E-state index in [0.717, 1.165) is 6.07 Å². The van der Waals surface area contributed by atoms with Gasteiger partial charge in [0.25, 0.3) is 0 Å². The molecular formula is C11H10O4. The van der Waals surface area contributed by atoms with E-state index in [4.69, 9.17) is 10.2 Å². The first-order chi connectivity index (χ1) is 6.97. The Bertz CT molecular complexity index is 446. The summed E-state index contributed by atoms with van der Waals surface area (Å²) < 4.78 is 0. The summed E-state index contributed by atoms with van der Waals surface area (Å²) in [5, 5.41) is 17.6. The standard InChI is InChI=1S/C11H10O4/c1-3-7-4-8(10(12)13)5-9(6(7)2)11(14)15/h3-5H,1H2,2H3,(H,12,13)(H,14,15). The molecule has 0 spiro atoms. The number of hydrogen-bond acceptors (Lipinski definition) is 2. The summed E-state index contributed by atoms with van der Waals surface area (Å²) in [6, 6.07) is 2.55. The fourth-order valence-electron chi connectivity index (χ4n) is 1.29. The molecule has 0 atom stereocenters. The van der Waals surface area contributed by atoms with Gasteiger partial charge < -0.3 is 10.2 Å². The summed E-state index contributed by atoms with van der Waals surface area (Å²) in [4.78, 5) is 21.6. The Balaban J connectivity index is 3.51. The summed E-state index contributed by atoms with van der Waals surface area (Å²) in [5.74, 6) is -2.29. The summed E-state index contributed by atoms with van der Waals surface area (Å²) in [6.07, 6.45) is 1.44. The van der Waals surface area contributed by atoms with E-state index in [1.54, 1.807) is 6.92 Å². The van der Waals surface area contributed by atoms with Crippen LogP contribution in [0.15, 0.2) is 18.7 Å². The molecule has 0 aromatic heterocycles. The topological polar surface area (TPSA) is 74.6 Å². The van der Waals surface area contributed by atoms with Crippen molar-refractivity contribution < 1.29 is 19.8 Å². The Hall–Kier alpha value is -2.10. The lowest BCUT2D eigenvalue weighted by Gasteiger charge is -2.06. The molecule has 0 saturated carbocycles. The summed E-state index contributed by atoms with van der Waals surface area (Å²) in [5.41, 5.74) is 0.979. The van der Waals surface area contributed by atoms with Crippen LogP contribution in [-0.2, 0) is 0 Å². The maximum Gasteiger partial charge on any atom is 0.335 e. The fourth-order valence-corrected chi connectivity index (χ4v) is 1.29. The van der Waals surface area contributed by atoms with Gasteiger partial charge in [0, 0.05) is 0 Å². The third kappa shape index (κ3) is 2.04. The second-order valence-corrected chi connectivity index (χ2v) is 3.05. The monoisotopic (exact) mass is 206 g/mol. The van der Waals surface area contributed by atoms with E-state index in [-0.39, 0.29) is 11.1 Å². The largest absolute Gasteiger partial charge is 0.478 e. The van der Waals surface area contributed by atoms with Gasteiger partial charge in [0.05, 0.1) is 11.1 Å². The van der Waals surface area contributed by atoms with Crippen molar-refractivity contribution >= 4 is 18.0 Å². The molecule has 0 aliphatic rings. The normalized spacial score (nSPS) is 9.67. The molecule has 0 saturated heterocycles. The predicted molar refractivity (Wildman–Crippen MR) is 55.2 cm³/mol. The summed E-state index contributed by atoms with van der Waals surface area (Å²) in [6.45, 7) is 5.12. The molecule has 1 rings (SSSR count). The van der Waals surface area contributed by atoms with Crippen molar-refractivity contribution in [2.24, 2.45) is 0 Å². The minimum Gasteiger partial charge on any atom is -0.478 e. The van der Waals surface area contributed by atoms with Crippen LogP contribution in [-0.4, -0.2) is 22.2 Å². The van der Waals surface area contributed by atoms with Crippen LogP contribution in [0.1, 0.15) is 31.8 Å². The van der Waals surface area contributed by atoms with Gasteiger partial charge in [-0.15, -0.1) is 0 Å². The highest BCUT2D eigenvalue weighted by atomic mass is 16.4. The third-order valence-electron chi connectivity index (χ3n) is 2.15. The van der Waals surface area contributed by atoms with E-state index >= 15 is 0 Å². The van der Waals surface area contributed by atoms with E-state index < -0.39 is 11.9 Å². The zero-order valence-electron chi connectivity index (χ0n) is 8.15. The molecule has 0 aliphatic heterocycles. The first-order valence-corrected chi connectivity index (χ1v) is 4.21. The van der Waals surface area contributed by atoms with Gasteiger partial charge in [-0.25, -0.2) is 9.59 Å². The van der Waals surface area contributed by atoms with Crippen LogP contribution in [0.3, 0.4) is 0 Å². The van der Waals surface area contributed by atoms with Gasteiger partial charge >= 0.3 is 11.9 Å². The minimum atomic E-state index is -1.15. The van der Waals surface area contributed by atoms with Crippen molar-refractivity contribution in [3.63, 3.8) is 0 Å². The highest BCUT2D eigenvalue weighted by molar-refractivity contribution is 5.96.